The van der Waals surface area contributed by atoms with Crippen molar-refractivity contribution in [2.75, 3.05) is 6.54 Å². The fourth-order valence-corrected chi connectivity index (χ4v) is 3.29. The van der Waals surface area contributed by atoms with Crippen LogP contribution in [0.4, 0.5) is 8.78 Å². The number of aliphatic hydroxyl groups is 1. The van der Waals surface area contributed by atoms with E-state index in [1.54, 1.807) is 0 Å². The Balaban J connectivity index is 1.79. The van der Waals surface area contributed by atoms with Crippen molar-refractivity contribution in [3.8, 4) is 0 Å². The highest BCUT2D eigenvalue weighted by Crippen LogP contribution is 2.40. The van der Waals surface area contributed by atoms with E-state index >= 15 is 0 Å². The van der Waals surface area contributed by atoms with Crippen LogP contribution in [-0.4, -0.2) is 28.4 Å². The van der Waals surface area contributed by atoms with E-state index in [4.69, 9.17) is 0 Å². The van der Waals surface area contributed by atoms with Gasteiger partial charge in [0.1, 0.15) is 0 Å². The van der Waals surface area contributed by atoms with Crippen LogP contribution in [0.25, 0.3) is 0 Å². The minimum Gasteiger partial charge on any atom is -0.386 e. The SMILES string of the molecule is O=C1C2CCCC2C(=O)N1CC(O)c1cccc(F)c1F. The first-order valence-corrected chi connectivity index (χ1v) is 6.98. The summed E-state index contributed by atoms with van der Waals surface area (Å²) in [6.45, 7) is -0.328. The van der Waals surface area contributed by atoms with Crippen LogP contribution in [0.1, 0.15) is 30.9 Å². The lowest BCUT2D eigenvalue weighted by Gasteiger charge is -2.20. The van der Waals surface area contributed by atoms with E-state index in [0.717, 1.165) is 17.4 Å². The van der Waals surface area contributed by atoms with Gasteiger partial charge in [-0.3, -0.25) is 14.5 Å². The second-order valence-corrected chi connectivity index (χ2v) is 5.59. The normalized spacial score (nSPS) is 26.3. The standard InChI is InChI=1S/C15H15F2NO3/c16-11-6-2-5-10(13(11)17)12(19)7-18-14(20)8-3-1-4-9(8)15(18)21/h2,5-6,8-9,12,19H,1,3-4,7H2. The number of rotatable bonds is 3. The molecule has 1 aliphatic heterocycles. The fraction of sp³-hybridized carbons (Fsp3) is 0.467. The third-order valence-electron chi connectivity index (χ3n) is 4.38. The number of nitrogens with zero attached hydrogens (tertiary/aromatic N) is 1. The second-order valence-electron chi connectivity index (χ2n) is 5.59. The highest BCUT2D eigenvalue weighted by molar-refractivity contribution is 6.05. The molecule has 1 aliphatic carbocycles. The first-order chi connectivity index (χ1) is 10.0. The molecule has 0 spiro atoms. The van der Waals surface area contributed by atoms with Crippen molar-refractivity contribution in [1.29, 1.82) is 0 Å². The summed E-state index contributed by atoms with van der Waals surface area (Å²) in [4.78, 5) is 25.3. The van der Waals surface area contributed by atoms with E-state index in [1.807, 2.05) is 0 Å². The van der Waals surface area contributed by atoms with Gasteiger partial charge in [0.05, 0.1) is 24.5 Å². The van der Waals surface area contributed by atoms with E-state index in [1.165, 1.54) is 12.1 Å². The molecule has 1 N–H and O–H groups in total. The highest BCUT2D eigenvalue weighted by Gasteiger charge is 2.50. The van der Waals surface area contributed by atoms with Crippen LogP contribution in [0.15, 0.2) is 18.2 Å². The maximum absolute atomic E-state index is 13.6. The number of aliphatic hydroxyl groups excluding tert-OH is 1. The van der Waals surface area contributed by atoms with Gasteiger partial charge in [-0.1, -0.05) is 18.6 Å². The molecule has 4 nitrogen and oxygen atoms in total. The van der Waals surface area contributed by atoms with Crippen LogP contribution in [0.5, 0.6) is 0 Å². The van der Waals surface area contributed by atoms with Crippen LogP contribution in [0.3, 0.4) is 0 Å². The monoisotopic (exact) mass is 295 g/mol. The van der Waals surface area contributed by atoms with Gasteiger partial charge in [0.25, 0.3) is 0 Å². The first-order valence-electron chi connectivity index (χ1n) is 6.98. The lowest BCUT2D eigenvalue weighted by molar-refractivity contribution is -0.142. The van der Waals surface area contributed by atoms with E-state index in [9.17, 15) is 23.5 Å². The van der Waals surface area contributed by atoms with E-state index < -0.39 is 17.7 Å². The number of imide groups is 1. The predicted octanol–water partition coefficient (Wildman–Crippen LogP) is 1.78. The van der Waals surface area contributed by atoms with Crippen molar-refractivity contribution in [2.45, 2.75) is 25.4 Å². The number of halogens is 2. The Bertz CT molecular complexity index is 583. The molecule has 0 radical (unpaired) electrons. The maximum Gasteiger partial charge on any atom is 0.233 e. The molecule has 21 heavy (non-hydrogen) atoms. The Morgan fingerprint density at radius 2 is 1.81 bits per heavy atom. The van der Waals surface area contributed by atoms with Crippen LogP contribution < -0.4 is 0 Å². The molecule has 2 amide bonds. The van der Waals surface area contributed by atoms with Crippen molar-refractivity contribution in [3.63, 3.8) is 0 Å². The predicted molar refractivity (Wildman–Crippen MR) is 68.9 cm³/mol. The Hall–Kier alpha value is -1.82. The molecule has 112 valence electrons. The summed E-state index contributed by atoms with van der Waals surface area (Å²) >= 11 is 0. The van der Waals surface area contributed by atoms with Gasteiger partial charge >= 0.3 is 0 Å². The minimum atomic E-state index is -1.42. The Labute approximate surface area is 120 Å². The lowest BCUT2D eigenvalue weighted by atomic mass is 10.00. The molecule has 1 heterocycles. The number of carbonyl (C=O) groups is 2. The van der Waals surface area contributed by atoms with Crippen LogP contribution in [0.2, 0.25) is 0 Å². The van der Waals surface area contributed by atoms with E-state index in [0.29, 0.717) is 12.8 Å². The van der Waals surface area contributed by atoms with Gasteiger partial charge in [0.2, 0.25) is 11.8 Å². The molecule has 1 aromatic carbocycles. The van der Waals surface area contributed by atoms with Gasteiger partial charge in [-0.25, -0.2) is 8.78 Å². The largest absolute Gasteiger partial charge is 0.386 e. The minimum absolute atomic E-state index is 0.243. The zero-order chi connectivity index (χ0) is 15.1. The van der Waals surface area contributed by atoms with E-state index in [2.05, 4.69) is 0 Å². The number of carbonyl (C=O) groups excluding carboxylic acids is 2. The molecule has 3 unspecified atom stereocenters. The van der Waals surface area contributed by atoms with Gasteiger partial charge < -0.3 is 5.11 Å². The van der Waals surface area contributed by atoms with Crippen molar-refractivity contribution >= 4 is 11.8 Å². The number of amides is 2. The Morgan fingerprint density at radius 3 is 2.43 bits per heavy atom. The number of hydrogen-bond donors (Lipinski definition) is 1. The molecule has 0 bridgehead atoms. The molecule has 6 heteroatoms. The summed E-state index contributed by atoms with van der Waals surface area (Å²) in [6.07, 6.45) is 0.779. The van der Waals surface area contributed by atoms with Crippen LogP contribution >= 0.6 is 0 Å². The molecule has 1 aromatic rings. The van der Waals surface area contributed by atoms with Crippen LogP contribution in [0, 0.1) is 23.5 Å². The number of β-amino-alcohol motifs (C(OH)–C–C–N with tert-alkyl or cyclic N) is 1. The molecule has 2 fully saturated rings. The molecular formula is C15H15F2NO3. The first kappa shape index (κ1) is 14.1. The molecule has 0 aromatic heterocycles. The van der Waals surface area contributed by atoms with Crippen molar-refractivity contribution in [1.82, 2.24) is 4.90 Å². The molecule has 3 rings (SSSR count). The van der Waals surface area contributed by atoms with Gasteiger partial charge in [-0.05, 0) is 18.9 Å². The Morgan fingerprint density at radius 1 is 1.19 bits per heavy atom. The topological polar surface area (TPSA) is 57.6 Å². The summed E-state index contributed by atoms with van der Waals surface area (Å²) in [5, 5.41) is 10.0. The van der Waals surface area contributed by atoms with Gasteiger partial charge in [0.15, 0.2) is 11.6 Å². The van der Waals surface area contributed by atoms with Crippen LogP contribution in [-0.2, 0) is 9.59 Å². The summed E-state index contributed by atoms with van der Waals surface area (Å²) in [5.41, 5.74) is -0.243. The maximum atomic E-state index is 13.6. The molecule has 2 aliphatic rings. The summed E-state index contributed by atoms with van der Waals surface area (Å²) in [7, 11) is 0. The zero-order valence-electron chi connectivity index (χ0n) is 11.3. The lowest BCUT2D eigenvalue weighted by Crippen LogP contribution is -2.35. The highest BCUT2D eigenvalue weighted by atomic mass is 19.2. The van der Waals surface area contributed by atoms with Gasteiger partial charge in [-0.2, -0.15) is 0 Å². The fourth-order valence-electron chi connectivity index (χ4n) is 3.29. The zero-order valence-corrected chi connectivity index (χ0v) is 11.3. The van der Waals surface area contributed by atoms with Crippen molar-refractivity contribution < 1.29 is 23.5 Å². The molecular weight excluding hydrogens is 280 g/mol. The van der Waals surface area contributed by atoms with Gasteiger partial charge in [-0.15, -0.1) is 0 Å². The number of likely N-dealkylation sites (tertiary alicyclic amines) is 1. The smallest absolute Gasteiger partial charge is 0.233 e. The average Bonchev–Trinajstić information content (AvgIpc) is 3.02. The second kappa shape index (κ2) is 5.18. The average molecular weight is 295 g/mol. The van der Waals surface area contributed by atoms with E-state index in [-0.39, 0.29) is 35.8 Å². The number of fused-ring (bicyclic) bond motifs is 1. The summed E-state index contributed by atoms with van der Waals surface area (Å²) < 4.78 is 26.8. The third-order valence-corrected chi connectivity index (χ3v) is 4.38. The molecule has 1 saturated carbocycles. The number of hydrogen-bond acceptors (Lipinski definition) is 3. The Kier molecular flexibility index (Phi) is 3.49. The molecule has 3 atom stereocenters. The summed E-state index contributed by atoms with van der Waals surface area (Å²) in [5.74, 6) is -3.44. The van der Waals surface area contributed by atoms with Crippen molar-refractivity contribution in [3.05, 3.63) is 35.4 Å². The quantitative estimate of drug-likeness (QED) is 0.865. The summed E-state index contributed by atoms with van der Waals surface area (Å²) in [6, 6.07) is 3.47. The third kappa shape index (κ3) is 2.23. The molecule has 1 saturated heterocycles. The van der Waals surface area contributed by atoms with Crippen molar-refractivity contribution in [2.24, 2.45) is 11.8 Å². The van der Waals surface area contributed by atoms with Gasteiger partial charge in [0, 0.05) is 5.56 Å². The number of benzene rings is 1.